The largest absolute Gasteiger partial charge is 0.416 e. The van der Waals surface area contributed by atoms with Crippen molar-refractivity contribution in [2.24, 2.45) is 10.9 Å². The molecule has 1 amide bonds. The highest BCUT2D eigenvalue weighted by Crippen LogP contribution is 2.29. The maximum absolute atomic E-state index is 12.9. The monoisotopic (exact) mass is 416 g/mol. The molecule has 0 radical (unpaired) electrons. The predicted octanol–water partition coefficient (Wildman–Crippen LogP) is 2.89. The van der Waals surface area contributed by atoms with Crippen LogP contribution in [-0.4, -0.2) is 57.2 Å². The molecule has 2 N–H and O–H groups in total. The van der Waals surface area contributed by atoms with Crippen LogP contribution in [0.2, 0.25) is 0 Å². The van der Waals surface area contributed by atoms with Gasteiger partial charge in [0.25, 0.3) is 0 Å². The molecule has 0 atom stereocenters. The van der Waals surface area contributed by atoms with E-state index in [1.807, 2.05) is 0 Å². The molecule has 1 aromatic rings. The number of guanidine groups is 1. The minimum atomic E-state index is -4.40. The van der Waals surface area contributed by atoms with Crippen LogP contribution in [-0.2, 0) is 22.3 Å². The molecule has 0 aromatic heterocycles. The third kappa shape index (κ3) is 10.7. The smallest absolute Gasteiger partial charge is 0.381 e. The van der Waals surface area contributed by atoms with E-state index in [1.165, 1.54) is 11.0 Å². The highest BCUT2D eigenvalue weighted by molar-refractivity contribution is 5.86. The van der Waals surface area contributed by atoms with Crippen molar-refractivity contribution in [1.82, 2.24) is 15.5 Å². The first-order valence-corrected chi connectivity index (χ1v) is 9.55. The third-order valence-corrected chi connectivity index (χ3v) is 3.79. The highest BCUT2D eigenvalue weighted by Gasteiger charge is 2.30. The molecule has 0 fully saturated rings. The zero-order valence-electron chi connectivity index (χ0n) is 17.5. The molecule has 0 aliphatic carbocycles. The van der Waals surface area contributed by atoms with E-state index in [2.05, 4.69) is 29.5 Å². The fraction of sp³-hybridized carbons (Fsp3) is 0.600. The molecule has 164 valence electrons. The summed E-state index contributed by atoms with van der Waals surface area (Å²) in [6.45, 7) is 6.06. The first-order valence-electron chi connectivity index (χ1n) is 9.55. The summed E-state index contributed by atoms with van der Waals surface area (Å²) >= 11 is 0. The van der Waals surface area contributed by atoms with Crippen LogP contribution < -0.4 is 10.6 Å². The predicted molar refractivity (Wildman–Crippen MR) is 108 cm³/mol. The Morgan fingerprint density at radius 1 is 1.24 bits per heavy atom. The number of ether oxygens (including phenoxy) is 1. The van der Waals surface area contributed by atoms with Crippen LogP contribution in [0, 0.1) is 5.92 Å². The fourth-order valence-corrected chi connectivity index (χ4v) is 2.21. The normalized spacial score (nSPS) is 12.2. The van der Waals surface area contributed by atoms with E-state index in [9.17, 15) is 18.0 Å². The van der Waals surface area contributed by atoms with Gasteiger partial charge in [0.1, 0.15) is 0 Å². The molecule has 1 rings (SSSR count). The Balaban J connectivity index is 2.67. The Morgan fingerprint density at radius 3 is 2.59 bits per heavy atom. The van der Waals surface area contributed by atoms with Crippen molar-refractivity contribution in [1.29, 1.82) is 0 Å². The zero-order chi connectivity index (χ0) is 21.9. The quantitative estimate of drug-likeness (QED) is 0.350. The van der Waals surface area contributed by atoms with Crippen LogP contribution in [0.15, 0.2) is 29.3 Å². The SMILES string of the molecule is CC(C)COCCCNC(=NCc1cccc(C(F)(F)F)c1)NCC(=O)N(C)C. The number of benzene rings is 1. The van der Waals surface area contributed by atoms with Gasteiger partial charge < -0.3 is 20.3 Å². The average molecular weight is 416 g/mol. The van der Waals surface area contributed by atoms with E-state index >= 15 is 0 Å². The van der Waals surface area contributed by atoms with Gasteiger partial charge in [-0.05, 0) is 30.0 Å². The lowest BCUT2D eigenvalue weighted by molar-refractivity contribution is -0.137. The number of halogens is 3. The Morgan fingerprint density at radius 2 is 1.97 bits per heavy atom. The van der Waals surface area contributed by atoms with Crippen molar-refractivity contribution in [3.05, 3.63) is 35.4 Å². The molecule has 0 aliphatic heterocycles. The minimum absolute atomic E-state index is 0.0330. The number of nitrogens with zero attached hydrogens (tertiary/aromatic N) is 2. The van der Waals surface area contributed by atoms with Gasteiger partial charge in [-0.2, -0.15) is 13.2 Å². The van der Waals surface area contributed by atoms with Gasteiger partial charge >= 0.3 is 6.18 Å². The Bertz CT molecular complexity index is 661. The van der Waals surface area contributed by atoms with Gasteiger partial charge in [0.15, 0.2) is 5.96 Å². The van der Waals surface area contributed by atoms with Gasteiger partial charge in [-0.1, -0.05) is 26.0 Å². The molecule has 1 aromatic carbocycles. The number of hydrogen-bond donors (Lipinski definition) is 2. The molecule has 0 saturated heterocycles. The molecule has 6 nitrogen and oxygen atoms in total. The lowest BCUT2D eigenvalue weighted by Crippen LogP contribution is -2.43. The van der Waals surface area contributed by atoms with Crippen molar-refractivity contribution in [3.63, 3.8) is 0 Å². The second kappa shape index (κ2) is 12.3. The average Bonchev–Trinajstić information content (AvgIpc) is 2.64. The van der Waals surface area contributed by atoms with Gasteiger partial charge in [0, 0.05) is 33.9 Å². The number of carbonyl (C=O) groups excluding carboxylic acids is 1. The van der Waals surface area contributed by atoms with Gasteiger partial charge in [-0.25, -0.2) is 4.99 Å². The van der Waals surface area contributed by atoms with Gasteiger partial charge in [-0.3, -0.25) is 4.79 Å². The second-order valence-electron chi connectivity index (χ2n) is 7.25. The van der Waals surface area contributed by atoms with E-state index < -0.39 is 11.7 Å². The van der Waals surface area contributed by atoms with Crippen LogP contribution in [0.25, 0.3) is 0 Å². The molecule has 0 aliphatic rings. The summed E-state index contributed by atoms with van der Waals surface area (Å²) in [5.41, 5.74) is -0.280. The zero-order valence-corrected chi connectivity index (χ0v) is 17.5. The van der Waals surface area contributed by atoms with Crippen molar-refractivity contribution in [2.75, 3.05) is 40.4 Å². The number of nitrogens with one attached hydrogen (secondary N) is 2. The topological polar surface area (TPSA) is 66.0 Å². The molecular formula is C20H31F3N4O2. The number of carbonyl (C=O) groups is 1. The summed E-state index contributed by atoms with van der Waals surface area (Å²) in [7, 11) is 3.28. The van der Waals surface area contributed by atoms with Crippen molar-refractivity contribution in [3.8, 4) is 0 Å². The molecular weight excluding hydrogens is 385 g/mol. The molecule has 29 heavy (non-hydrogen) atoms. The molecule has 0 saturated carbocycles. The van der Waals surface area contributed by atoms with Gasteiger partial charge in [-0.15, -0.1) is 0 Å². The Kier molecular flexibility index (Phi) is 10.5. The first-order chi connectivity index (χ1) is 13.6. The van der Waals surface area contributed by atoms with E-state index in [-0.39, 0.29) is 19.0 Å². The molecule has 0 spiro atoms. The van der Waals surface area contributed by atoms with E-state index in [1.54, 1.807) is 20.2 Å². The van der Waals surface area contributed by atoms with Crippen molar-refractivity contribution >= 4 is 11.9 Å². The number of rotatable bonds is 10. The van der Waals surface area contributed by atoms with Crippen LogP contribution in [0.4, 0.5) is 13.2 Å². The standard InChI is InChI=1S/C20H31F3N4O2/c1-15(2)14-29-10-6-9-24-19(26-13-18(28)27(3)4)25-12-16-7-5-8-17(11-16)20(21,22)23/h5,7-8,11,15H,6,9-10,12-14H2,1-4H3,(H2,24,25,26). The summed E-state index contributed by atoms with van der Waals surface area (Å²) in [6.07, 6.45) is -3.66. The molecule has 0 bridgehead atoms. The number of likely N-dealkylation sites (N-methyl/N-ethyl adjacent to an activating group) is 1. The van der Waals surface area contributed by atoms with Crippen LogP contribution >= 0.6 is 0 Å². The summed E-state index contributed by atoms with van der Waals surface area (Å²) in [5, 5.41) is 5.99. The number of hydrogen-bond acceptors (Lipinski definition) is 3. The molecule has 0 unspecified atom stereocenters. The van der Waals surface area contributed by atoms with Gasteiger partial charge in [0.05, 0.1) is 18.7 Å². The molecule has 0 heterocycles. The van der Waals surface area contributed by atoms with Crippen molar-refractivity contribution < 1.29 is 22.7 Å². The van der Waals surface area contributed by atoms with E-state index in [0.717, 1.165) is 18.6 Å². The minimum Gasteiger partial charge on any atom is -0.381 e. The Labute approximate surface area is 170 Å². The van der Waals surface area contributed by atoms with E-state index in [4.69, 9.17) is 4.74 Å². The Hall–Kier alpha value is -2.29. The lowest BCUT2D eigenvalue weighted by atomic mass is 10.1. The second-order valence-corrected chi connectivity index (χ2v) is 7.25. The fourth-order valence-electron chi connectivity index (χ4n) is 2.21. The van der Waals surface area contributed by atoms with Crippen LogP contribution in [0.3, 0.4) is 0 Å². The summed E-state index contributed by atoms with van der Waals surface area (Å²) < 4.78 is 44.1. The number of alkyl halides is 3. The maximum atomic E-state index is 12.9. The van der Waals surface area contributed by atoms with Crippen LogP contribution in [0.5, 0.6) is 0 Å². The van der Waals surface area contributed by atoms with Gasteiger partial charge in [0.2, 0.25) is 5.91 Å². The van der Waals surface area contributed by atoms with Crippen LogP contribution in [0.1, 0.15) is 31.4 Å². The number of aliphatic imine (C=N–C) groups is 1. The highest BCUT2D eigenvalue weighted by atomic mass is 19.4. The van der Waals surface area contributed by atoms with Crippen molar-refractivity contribution in [2.45, 2.75) is 33.0 Å². The first kappa shape index (κ1) is 24.7. The molecule has 9 heteroatoms. The summed E-state index contributed by atoms with van der Waals surface area (Å²) in [6, 6.07) is 5.04. The summed E-state index contributed by atoms with van der Waals surface area (Å²) in [5.74, 6) is 0.687. The third-order valence-electron chi connectivity index (χ3n) is 3.79. The maximum Gasteiger partial charge on any atom is 0.416 e. The number of amides is 1. The lowest BCUT2D eigenvalue weighted by Gasteiger charge is -2.15. The summed E-state index contributed by atoms with van der Waals surface area (Å²) in [4.78, 5) is 17.5. The van der Waals surface area contributed by atoms with E-state index in [0.29, 0.717) is 37.2 Å².